The Morgan fingerprint density at radius 2 is 2.39 bits per heavy atom. The van der Waals surface area contributed by atoms with Crippen LogP contribution in [0.25, 0.3) is 0 Å². The van der Waals surface area contributed by atoms with E-state index in [2.05, 4.69) is 10.6 Å². The van der Waals surface area contributed by atoms with Gasteiger partial charge in [0.25, 0.3) is 0 Å². The normalized spacial score (nSPS) is 20.9. The summed E-state index contributed by atoms with van der Waals surface area (Å²) in [6.45, 7) is 4.69. The van der Waals surface area contributed by atoms with Gasteiger partial charge in [0, 0.05) is 6.54 Å². The van der Waals surface area contributed by atoms with Gasteiger partial charge in [-0.05, 0) is 56.5 Å². The van der Waals surface area contributed by atoms with Gasteiger partial charge in [0.2, 0.25) is 0 Å². The number of benzene rings is 1. The maximum atomic E-state index is 13.1. The number of alkyl halides is 1. The number of hydrogen-bond acceptors (Lipinski definition) is 2. The molecular formula is C14H20ClFN2. The molecule has 2 nitrogen and oxygen atoms in total. The summed E-state index contributed by atoms with van der Waals surface area (Å²) >= 11 is 6.13. The summed E-state index contributed by atoms with van der Waals surface area (Å²) in [6.07, 6.45) is 1.43. The van der Waals surface area contributed by atoms with Crippen LogP contribution in [0.3, 0.4) is 0 Å². The Hall–Kier alpha value is -0.800. The van der Waals surface area contributed by atoms with E-state index in [-0.39, 0.29) is 0 Å². The second-order valence-corrected chi connectivity index (χ2v) is 5.34. The zero-order valence-corrected chi connectivity index (χ0v) is 11.4. The summed E-state index contributed by atoms with van der Waals surface area (Å²) < 4.78 is 13.1. The van der Waals surface area contributed by atoms with E-state index in [0.29, 0.717) is 10.6 Å². The van der Waals surface area contributed by atoms with E-state index >= 15 is 0 Å². The molecule has 1 aliphatic rings. The van der Waals surface area contributed by atoms with Crippen molar-refractivity contribution in [2.45, 2.75) is 25.9 Å². The van der Waals surface area contributed by atoms with Gasteiger partial charge in [-0.3, -0.25) is 0 Å². The minimum absolute atomic E-state index is 0.599. The SMILES string of the molecule is CC(F)c1ccc(NCCC2CCNC2)c(Cl)c1. The molecule has 2 unspecified atom stereocenters. The molecule has 1 saturated heterocycles. The fourth-order valence-electron chi connectivity index (χ4n) is 2.29. The van der Waals surface area contributed by atoms with Crippen molar-refractivity contribution in [3.8, 4) is 0 Å². The molecule has 1 aromatic rings. The summed E-state index contributed by atoms with van der Waals surface area (Å²) in [5, 5.41) is 7.28. The van der Waals surface area contributed by atoms with Crippen molar-refractivity contribution in [3.63, 3.8) is 0 Å². The molecule has 1 aliphatic heterocycles. The lowest BCUT2D eigenvalue weighted by atomic mass is 10.1. The second kappa shape index (κ2) is 6.39. The lowest BCUT2D eigenvalue weighted by molar-refractivity contribution is 0.374. The third kappa shape index (κ3) is 3.59. The second-order valence-electron chi connectivity index (χ2n) is 4.93. The quantitative estimate of drug-likeness (QED) is 0.851. The number of halogens is 2. The van der Waals surface area contributed by atoms with Gasteiger partial charge in [0.1, 0.15) is 6.17 Å². The first-order valence-electron chi connectivity index (χ1n) is 6.55. The first kappa shape index (κ1) is 13.6. The Balaban J connectivity index is 1.85. The predicted octanol–water partition coefficient (Wildman–Crippen LogP) is 3.78. The van der Waals surface area contributed by atoms with Crippen molar-refractivity contribution in [1.29, 1.82) is 0 Å². The summed E-state index contributed by atoms with van der Waals surface area (Å²) in [6, 6.07) is 5.35. The highest BCUT2D eigenvalue weighted by Gasteiger charge is 2.13. The molecule has 2 atom stereocenters. The highest BCUT2D eigenvalue weighted by molar-refractivity contribution is 6.33. The van der Waals surface area contributed by atoms with E-state index in [1.807, 2.05) is 6.07 Å². The maximum Gasteiger partial charge on any atom is 0.122 e. The third-order valence-electron chi connectivity index (χ3n) is 3.48. The standard InChI is InChI=1S/C14H20ClFN2/c1-10(16)12-2-3-14(13(15)8-12)18-7-5-11-4-6-17-9-11/h2-3,8,10-11,17-18H,4-7,9H2,1H3. The van der Waals surface area contributed by atoms with Crippen LogP contribution in [0.5, 0.6) is 0 Å². The minimum atomic E-state index is -0.971. The molecule has 4 heteroatoms. The van der Waals surface area contributed by atoms with Gasteiger partial charge in [-0.1, -0.05) is 17.7 Å². The van der Waals surface area contributed by atoms with Crippen molar-refractivity contribution < 1.29 is 4.39 Å². The van der Waals surface area contributed by atoms with E-state index in [1.165, 1.54) is 13.3 Å². The van der Waals surface area contributed by atoms with Crippen LogP contribution in [0.2, 0.25) is 5.02 Å². The monoisotopic (exact) mass is 270 g/mol. The van der Waals surface area contributed by atoms with Gasteiger partial charge in [-0.25, -0.2) is 4.39 Å². The van der Waals surface area contributed by atoms with Crippen molar-refractivity contribution in [3.05, 3.63) is 28.8 Å². The van der Waals surface area contributed by atoms with Gasteiger partial charge >= 0.3 is 0 Å². The molecule has 0 radical (unpaired) electrons. The fourth-order valence-corrected chi connectivity index (χ4v) is 2.55. The molecule has 2 rings (SSSR count). The van der Waals surface area contributed by atoms with Crippen LogP contribution in [0.4, 0.5) is 10.1 Å². The first-order chi connectivity index (χ1) is 8.66. The topological polar surface area (TPSA) is 24.1 Å². The smallest absolute Gasteiger partial charge is 0.122 e. The molecule has 0 amide bonds. The Morgan fingerprint density at radius 1 is 1.56 bits per heavy atom. The van der Waals surface area contributed by atoms with E-state index in [1.54, 1.807) is 12.1 Å². The molecule has 0 spiro atoms. The van der Waals surface area contributed by atoms with Crippen molar-refractivity contribution >= 4 is 17.3 Å². The molecule has 1 heterocycles. The van der Waals surface area contributed by atoms with Gasteiger partial charge < -0.3 is 10.6 Å². The molecule has 1 aromatic carbocycles. The summed E-state index contributed by atoms with van der Waals surface area (Å²) in [7, 11) is 0. The third-order valence-corrected chi connectivity index (χ3v) is 3.80. The molecule has 0 bridgehead atoms. The van der Waals surface area contributed by atoms with Crippen LogP contribution in [0.1, 0.15) is 31.5 Å². The van der Waals surface area contributed by atoms with Crippen molar-refractivity contribution in [2.75, 3.05) is 25.0 Å². The van der Waals surface area contributed by atoms with Crippen LogP contribution < -0.4 is 10.6 Å². The Morgan fingerprint density at radius 3 is 3.00 bits per heavy atom. The summed E-state index contributed by atoms with van der Waals surface area (Å²) in [4.78, 5) is 0. The highest BCUT2D eigenvalue weighted by Crippen LogP contribution is 2.27. The number of hydrogen-bond donors (Lipinski definition) is 2. The van der Waals surface area contributed by atoms with E-state index in [9.17, 15) is 4.39 Å². The van der Waals surface area contributed by atoms with Crippen molar-refractivity contribution in [1.82, 2.24) is 5.32 Å². The van der Waals surface area contributed by atoms with E-state index in [4.69, 9.17) is 11.6 Å². The lowest BCUT2D eigenvalue weighted by Crippen LogP contribution is -2.12. The average molecular weight is 271 g/mol. The Bertz CT molecular complexity index is 389. The molecular weight excluding hydrogens is 251 g/mol. The van der Waals surface area contributed by atoms with Crippen LogP contribution in [0.15, 0.2) is 18.2 Å². The van der Waals surface area contributed by atoms with Crippen LogP contribution in [0, 0.1) is 5.92 Å². The van der Waals surface area contributed by atoms with Gasteiger partial charge in [-0.2, -0.15) is 0 Å². The van der Waals surface area contributed by atoms with E-state index < -0.39 is 6.17 Å². The Kier molecular flexibility index (Phi) is 4.84. The highest BCUT2D eigenvalue weighted by atomic mass is 35.5. The molecule has 2 N–H and O–H groups in total. The fraction of sp³-hybridized carbons (Fsp3) is 0.571. The molecule has 0 saturated carbocycles. The number of anilines is 1. The van der Waals surface area contributed by atoms with Crippen LogP contribution >= 0.6 is 11.6 Å². The van der Waals surface area contributed by atoms with Gasteiger partial charge in [0.15, 0.2) is 0 Å². The van der Waals surface area contributed by atoms with Gasteiger partial charge in [-0.15, -0.1) is 0 Å². The summed E-state index contributed by atoms with van der Waals surface area (Å²) in [5.74, 6) is 0.765. The molecule has 0 aliphatic carbocycles. The Labute approximate surface area is 113 Å². The van der Waals surface area contributed by atoms with Crippen LogP contribution in [-0.4, -0.2) is 19.6 Å². The first-order valence-corrected chi connectivity index (χ1v) is 6.92. The van der Waals surface area contributed by atoms with Crippen molar-refractivity contribution in [2.24, 2.45) is 5.92 Å². The predicted molar refractivity (Wildman–Crippen MR) is 75.1 cm³/mol. The number of nitrogens with one attached hydrogen (secondary N) is 2. The number of rotatable bonds is 5. The molecule has 18 heavy (non-hydrogen) atoms. The maximum absolute atomic E-state index is 13.1. The van der Waals surface area contributed by atoms with Crippen LogP contribution in [-0.2, 0) is 0 Å². The van der Waals surface area contributed by atoms with E-state index in [0.717, 1.165) is 37.7 Å². The summed E-state index contributed by atoms with van der Waals surface area (Å²) in [5.41, 5.74) is 1.53. The zero-order valence-electron chi connectivity index (χ0n) is 10.7. The zero-order chi connectivity index (χ0) is 13.0. The lowest BCUT2D eigenvalue weighted by Gasteiger charge is -2.12. The minimum Gasteiger partial charge on any atom is -0.384 e. The molecule has 0 aromatic heterocycles. The molecule has 1 fully saturated rings. The van der Waals surface area contributed by atoms with Gasteiger partial charge in [0.05, 0.1) is 10.7 Å². The average Bonchev–Trinajstić information content (AvgIpc) is 2.84. The largest absolute Gasteiger partial charge is 0.384 e. The molecule has 100 valence electrons.